The zero-order valence-corrected chi connectivity index (χ0v) is 14.6. The summed E-state index contributed by atoms with van der Waals surface area (Å²) in [5.41, 5.74) is 2.21. The number of rotatable bonds is 2. The van der Waals surface area contributed by atoms with E-state index < -0.39 is 0 Å². The van der Waals surface area contributed by atoms with E-state index in [1.165, 1.54) is 18.2 Å². The standard InChI is InChI=1S/C15H10Cl2FIN2/c1-8(16)15-20-12-7-10(19)3-5-13(12)21(15)14-6-9(18)2-4-11(14)17/h2-8H,1H3. The summed E-state index contributed by atoms with van der Waals surface area (Å²) >= 11 is 14.7. The van der Waals surface area contributed by atoms with Crippen LogP contribution in [0, 0.1) is 9.39 Å². The molecule has 0 aliphatic heterocycles. The number of hydrogen-bond donors (Lipinski definition) is 0. The number of halogens is 4. The molecule has 1 atom stereocenters. The van der Waals surface area contributed by atoms with Gasteiger partial charge in [0.05, 0.1) is 27.1 Å². The van der Waals surface area contributed by atoms with Crippen molar-refractivity contribution >= 4 is 56.8 Å². The highest BCUT2D eigenvalue weighted by molar-refractivity contribution is 14.1. The number of fused-ring (bicyclic) bond motifs is 1. The van der Waals surface area contributed by atoms with Crippen LogP contribution in [0.4, 0.5) is 4.39 Å². The minimum Gasteiger partial charge on any atom is -0.293 e. The van der Waals surface area contributed by atoms with Crippen molar-refractivity contribution in [1.82, 2.24) is 9.55 Å². The third-order valence-electron chi connectivity index (χ3n) is 3.15. The molecule has 108 valence electrons. The topological polar surface area (TPSA) is 17.8 Å². The molecular formula is C15H10Cl2FIN2. The molecule has 0 saturated heterocycles. The smallest absolute Gasteiger partial charge is 0.132 e. The molecule has 0 spiro atoms. The van der Waals surface area contributed by atoms with E-state index >= 15 is 0 Å². The van der Waals surface area contributed by atoms with Gasteiger partial charge in [-0.2, -0.15) is 0 Å². The quantitative estimate of drug-likeness (QED) is 0.372. The molecule has 3 rings (SSSR count). The Hall–Kier alpha value is -0.850. The van der Waals surface area contributed by atoms with Gasteiger partial charge in [-0.1, -0.05) is 11.6 Å². The number of hydrogen-bond acceptors (Lipinski definition) is 1. The molecule has 21 heavy (non-hydrogen) atoms. The summed E-state index contributed by atoms with van der Waals surface area (Å²) < 4.78 is 16.5. The van der Waals surface area contributed by atoms with Crippen LogP contribution in [0.5, 0.6) is 0 Å². The molecule has 0 radical (unpaired) electrons. The van der Waals surface area contributed by atoms with Gasteiger partial charge in [0.25, 0.3) is 0 Å². The molecule has 2 aromatic carbocycles. The van der Waals surface area contributed by atoms with Gasteiger partial charge in [-0.25, -0.2) is 9.37 Å². The van der Waals surface area contributed by atoms with Gasteiger partial charge in [0, 0.05) is 3.57 Å². The molecule has 3 aromatic rings. The Morgan fingerprint density at radius 1 is 1.24 bits per heavy atom. The lowest BCUT2D eigenvalue weighted by Gasteiger charge is -2.12. The molecule has 0 fully saturated rings. The van der Waals surface area contributed by atoms with Crippen molar-refractivity contribution in [3.05, 3.63) is 56.6 Å². The first kappa shape index (κ1) is 15.1. The molecule has 0 aliphatic carbocycles. The van der Waals surface area contributed by atoms with E-state index in [2.05, 4.69) is 27.6 Å². The number of nitrogens with zero attached hydrogens (tertiary/aromatic N) is 2. The monoisotopic (exact) mass is 434 g/mol. The third-order valence-corrected chi connectivity index (χ3v) is 4.33. The number of imidazole rings is 1. The van der Waals surface area contributed by atoms with Crippen LogP contribution in [0.15, 0.2) is 36.4 Å². The van der Waals surface area contributed by atoms with E-state index in [4.69, 9.17) is 23.2 Å². The van der Waals surface area contributed by atoms with Crippen molar-refractivity contribution in [3.63, 3.8) is 0 Å². The summed E-state index contributed by atoms with van der Waals surface area (Å²) in [5, 5.41) is 0.127. The summed E-state index contributed by atoms with van der Waals surface area (Å²) in [4.78, 5) is 4.57. The van der Waals surface area contributed by atoms with Crippen molar-refractivity contribution in [1.29, 1.82) is 0 Å². The van der Waals surface area contributed by atoms with Gasteiger partial charge in [0.15, 0.2) is 0 Å². The summed E-state index contributed by atoms with van der Waals surface area (Å²) in [6, 6.07) is 10.1. The average Bonchev–Trinajstić information content (AvgIpc) is 2.80. The lowest BCUT2D eigenvalue weighted by Crippen LogP contribution is -2.03. The molecule has 1 unspecified atom stereocenters. The maximum Gasteiger partial charge on any atom is 0.132 e. The van der Waals surface area contributed by atoms with Crippen molar-refractivity contribution in [3.8, 4) is 5.69 Å². The first-order valence-corrected chi connectivity index (χ1v) is 8.14. The van der Waals surface area contributed by atoms with E-state index in [-0.39, 0.29) is 11.2 Å². The Labute approximate surface area is 145 Å². The van der Waals surface area contributed by atoms with Crippen molar-refractivity contribution in [2.24, 2.45) is 0 Å². The summed E-state index contributed by atoms with van der Waals surface area (Å²) in [7, 11) is 0. The lowest BCUT2D eigenvalue weighted by molar-refractivity contribution is 0.626. The molecule has 1 aromatic heterocycles. The van der Waals surface area contributed by atoms with Gasteiger partial charge in [-0.3, -0.25) is 4.57 Å². The fourth-order valence-electron chi connectivity index (χ4n) is 2.25. The Kier molecular flexibility index (Phi) is 4.12. The Morgan fingerprint density at radius 3 is 2.71 bits per heavy atom. The van der Waals surface area contributed by atoms with Crippen LogP contribution in [0.3, 0.4) is 0 Å². The van der Waals surface area contributed by atoms with Gasteiger partial charge < -0.3 is 0 Å². The SMILES string of the molecule is CC(Cl)c1nc2cc(I)ccc2n1-c1cc(F)ccc1Cl. The fourth-order valence-corrected chi connectivity index (χ4v) is 3.07. The maximum atomic E-state index is 13.6. The molecule has 6 heteroatoms. The predicted octanol–water partition coefficient (Wildman–Crippen LogP) is 5.72. The van der Waals surface area contributed by atoms with Crippen molar-refractivity contribution in [2.45, 2.75) is 12.3 Å². The molecule has 0 aliphatic rings. The molecular weight excluding hydrogens is 425 g/mol. The first-order chi connectivity index (χ1) is 9.97. The number of benzene rings is 2. The van der Waals surface area contributed by atoms with Gasteiger partial charge in [-0.05, 0) is 65.9 Å². The lowest BCUT2D eigenvalue weighted by atomic mass is 10.2. The molecule has 1 heterocycles. The first-order valence-electron chi connectivity index (χ1n) is 6.25. The minimum atomic E-state index is -0.352. The molecule has 0 bridgehead atoms. The largest absolute Gasteiger partial charge is 0.293 e. The van der Waals surface area contributed by atoms with E-state index in [1.807, 2.05) is 29.7 Å². The zero-order valence-electron chi connectivity index (χ0n) is 10.9. The van der Waals surface area contributed by atoms with Crippen LogP contribution in [0.2, 0.25) is 5.02 Å². The molecule has 0 N–H and O–H groups in total. The van der Waals surface area contributed by atoms with Crippen LogP contribution in [0.1, 0.15) is 18.1 Å². The third kappa shape index (κ3) is 2.76. The van der Waals surface area contributed by atoms with E-state index in [0.29, 0.717) is 16.5 Å². The molecule has 0 saturated carbocycles. The maximum absolute atomic E-state index is 13.6. The van der Waals surface area contributed by atoms with E-state index in [9.17, 15) is 4.39 Å². The molecule has 2 nitrogen and oxygen atoms in total. The number of alkyl halides is 1. The summed E-state index contributed by atoms with van der Waals surface area (Å²) in [5.74, 6) is 0.288. The normalized spacial score (nSPS) is 12.8. The van der Waals surface area contributed by atoms with Crippen LogP contribution >= 0.6 is 45.8 Å². The Bertz CT molecular complexity index is 830. The second-order valence-electron chi connectivity index (χ2n) is 4.65. The summed E-state index contributed by atoms with van der Waals surface area (Å²) in [6.45, 7) is 1.83. The van der Waals surface area contributed by atoms with Gasteiger partial charge >= 0.3 is 0 Å². The van der Waals surface area contributed by atoms with Gasteiger partial charge in [0.1, 0.15) is 11.6 Å². The second kappa shape index (κ2) is 5.74. The van der Waals surface area contributed by atoms with Crippen LogP contribution in [0.25, 0.3) is 16.7 Å². The summed E-state index contributed by atoms with van der Waals surface area (Å²) in [6.07, 6.45) is 0. The fraction of sp³-hybridized carbons (Fsp3) is 0.133. The van der Waals surface area contributed by atoms with E-state index in [1.54, 1.807) is 0 Å². The number of aromatic nitrogens is 2. The van der Waals surface area contributed by atoms with Gasteiger partial charge in [-0.15, -0.1) is 11.6 Å². The van der Waals surface area contributed by atoms with Crippen molar-refractivity contribution < 1.29 is 4.39 Å². The van der Waals surface area contributed by atoms with Gasteiger partial charge in [0.2, 0.25) is 0 Å². The average molecular weight is 435 g/mol. The van der Waals surface area contributed by atoms with Crippen LogP contribution < -0.4 is 0 Å². The highest BCUT2D eigenvalue weighted by Gasteiger charge is 2.18. The predicted molar refractivity (Wildman–Crippen MR) is 93.0 cm³/mol. The highest BCUT2D eigenvalue weighted by atomic mass is 127. The minimum absolute atomic E-state index is 0.325. The molecule has 0 amide bonds. The van der Waals surface area contributed by atoms with Crippen LogP contribution in [-0.2, 0) is 0 Å². The van der Waals surface area contributed by atoms with Crippen molar-refractivity contribution in [2.75, 3.05) is 0 Å². The van der Waals surface area contributed by atoms with E-state index in [0.717, 1.165) is 14.6 Å². The Morgan fingerprint density at radius 2 is 2.00 bits per heavy atom. The highest BCUT2D eigenvalue weighted by Crippen LogP contribution is 2.32. The van der Waals surface area contributed by atoms with Crippen LogP contribution in [-0.4, -0.2) is 9.55 Å². The zero-order chi connectivity index (χ0) is 15.1. The second-order valence-corrected chi connectivity index (χ2v) is 6.96. The Balaban J connectivity index is 2.39.